The van der Waals surface area contributed by atoms with Crippen molar-refractivity contribution < 1.29 is 0 Å². The van der Waals surface area contributed by atoms with Crippen molar-refractivity contribution in [1.82, 2.24) is 0 Å². The van der Waals surface area contributed by atoms with Gasteiger partial charge in [-0.3, -0.25) is 0 Å². The molecule has 0 radical (unpaired) electrons. The van der Waals surface area contributed by atoms with Crippen molar-refractivity contribution in [3.05, 3.63) is 60.7 Å². The highest BCUT2D eigenvalue weighted by molar-refractivity contribution is 6.59. The highest BCUT2D eigenvalue weighted by Gasteiger charge is 2.30. The molecule has 0 amide bonds. The molecule has 130 valence electrons. The maximum atomic E-state index is 2.36. The molecular formula is C30H10. The Hall–Kier alpha value is -3.90. The van der Waals surface area contributed by atoms with E-state index in [4.69, 9.17) is 0 Å². The van der Waals surface area contributed by atoms with E-state index in [-0.39, 0.29) is 0 Å². The van der Waals surface area contributed by atoms with E-state index in [1.54, 1.807) is 0 Å². The normalized spacial score (nSPS) is 14.7. The molecule has 0 unspecified atom stereocenters. The fourth-order valence-corrected chi connectivity index (χ4v) is 7.54. The van der Waals surface area contributed by atoms with Gasteiger partial charge in [-0.15, -0.1) is 0 Å². The number of fused-ring (bicyclic) bond motifs is 5. The van der Waals surface area contributed by atoms with Crippen molar-refractivity contribution >= 4 is 108 Å². The minimum absolute atomic E-state index is 1.45. The Morgan fingerprint density at radius 3 is 0.367 bits per heavy atom. The lowest BCUT2D eigenvalue weighted by molar-refractivity contribution is 1.83. The van der Waals surface area contributed by atoms with Gasteiger partial charge < -0.3 is 0 Å². The fourth-order valence-electron chi connectivity index (χ4n) is 7.54. The summed E-state index contributed by atoms with van der Waals surface area (Å²) in [6, 6.07) is 23.6. The van der Waals surface area contributed by atoms with Gasteiger partial charge in [0, 0.05) is 0 Å². The van der Waals surface area contributed by atoms with Gasteiger partial charge in [0.25, 0.3) is 0 Å². The Labute approximate surface area is 168 Å². The minimum atomic E-state index is 1.45. The molecule has 30 heavy (non-hydrogen) atoms. The maximum Gasteiger partial charge on any atom is -0.000717 e. The molecule has 0 saturated carbocycles. The SMILES string of the molecule is c1cc2c3ccc4c5ccc6c7ccc8c9ccc%10c1c1c2c3c4c5c6c7c8c9c%101. The molecule has 0 spiro atoms. The van der Waals surface area contributed by atoms with Crippen LogP contribution in [0.2, 0.25) is 0 Å². The van der Waals surface area contributed by atoms with Crippen LogP contribution in [0.15, 0.2) is 60.7 Å². The number of rotatable bonds is 0. The standard InChI is InChI=1S/C30H10/c1-2-12-14-5-6-16-18-9-10-20-19-8-7-17-15-4-3-13-11(1)21-22(12)24(14)26(16)28(18)30(20)29(19)27(17)25(15)23(13)21/h1-10H. The summed E-state index contributed by atoms with van der Waals surface area (Å²) in [6.07, 6.45) is 0. The van der Waals surface area contributed by atoms with Crippen LogP contribution in [0.3, 0.4) is 0 Å². The average molecular weight is 370 g/mol. The summed E-state index contributed by atoms with van der Waals surface area (Å²) in [5.41, 5.74) is 0. The molecule has 0 heteroatoms. The number of hydrogen-bond acceptors (Lipinski definition) is 0. The van der Waals surface area contributed by atoms with E-state index in [2.05, 4.69) is 60.7 Å². The number of hydrogen-bond donors (Lipinski definition) is 0. The third-order valence-corrected chi connectivity index (χ3v) is 8.73. The molecule has 0 aromatic heterocycles. The summed E-state index contributed by atoms with van der Waals surface area (Å²) in [4.78, 5) is 0. The second-order valence-corrected chi connectivity index (χ2v) is 9.55. The van der Waals surface area contributed by atoms with Crippen LogP contribution in [0.5, 0.6) is 0 Å². The molecule has 0 N–H and O–H groups in total. The Morgan fingerprint density at radius 2 is 0.267 bits per heavy atom. The zero-order valence-electron chi connectivity index (χ0n) is 15.8. The lowest BCUT2D eigenvalue weighted by Gasteiger charge is -2.30. The summed E-state index contributed by atoms with van der Waals surface area (Å²) in [6.45, 7) is 0. The van der Waals surface area contributed by atoms with Gasteiger partial charge >= 0.3 is 0 Å². The van der Waals surface area contributed by atoms with Gasteiger partial charge in [-0.25, -0.2) is 0 Å². The smallest absolute Gasteiger partial charge is 0.000717 e. The quantitative estimate of drug-likeness (QED) is 0.250. The summed E-state index contributed by atoms with van der Waals surface area (Å²) in [5, 5.41) is 29.7. The Bertz CT molecular complexity index is 1790. The van der Waals surface area contributed by atoms with E-state index in [1.165, 1.54) is 108 Å². The predicted octanol–water partition coefficient (Wildman–Crippen LogP) is 8.72. The van der Waals surface area contributed by atoms with Crippen LogP contribution in [-0.4, -0.2) is 0 Å². The van der Waals surface area contributed by atoms with Crippen molar-refractivity contribution in [2.75, 3.05) is 0 Å². The van der Waals surface area contributed by atoms with E-state index in [0.29, 0.717) is 0 Å². The summed E-state index contributed by atoms with van der Waals surface area (Å²) >= 11 is 0. The predicted molar refractivity (Wildman–Crippen MR) is 131 cm³/mol. The highest BCUT2D eigenvalue weighted by Crippen LogP contribution is 2.59. The molecule has 0 atom stereocenters. The zero-order valence-corrected chi connectivity index (χ0v) is 15.8. The van der Waals surface area contributed by atoms with Crippen molar-refractivity contribution in [2.45, 2.75) is 0 Å². The molecule has 0 fully saturated rings. The molecular weight excluding hydrogens is 360 g/mol. The molecule has 0 heterocycles. The molecule has 11 rings (SSSR count). The summed E-state index contributed by atoms with van der Waals surface area (Å²) in [5.74, 6) is 0. The van der Waals surface area contributed by atoms with Gasteiger partial charge in [-0.05, 0) is 108 Å². The first-order chi connectivity index (χ1) is 14.9. The van der Waals surface area contributed by atoms with Crippen LogP contribution in [0.4, 0.5) is 0 Å². The Balaban J connectivity index is 1.68. The first-order valence-corrected chi connectivity index (χ1v) is 10.8. The van der Waals surface area contributed by atoms with Gasteiger partial charge in [0.05, 0.1) is 0 Å². The Morgan fingerprint density at radius 1 is 0.167 bits per heavy atom. The van der Waals surface area contributed by atoms with Crippen LogP contribution < -0.4 is 0 Å². The van der Waals surface area contributed by atoms with Crippen LogP contribution in [-0.2, 0) is 0 Å². The molecule has 0 nitrogen and oxygen atoms in total. The fraction of sp³-hybridized carbons (Fsp3) is 0. The van der Waals surface area contributed by atoms with Crippen molar-refractivity contribution in [2.24, 2.45) is 0 Å². The molecule has 0 aliphatic heterocycles. The molecule has 0 saturated heterocycles. The monoisotopic (exact) mass is 370 g/mol. The topological polar surface area (TPSA) is 0 Å². The van der Waals surface area contributed by atoms with Crippen LogP contribution in [0.25, 0.3) is 108 Å². The van der Waals surface area contributed by atoms with E-state index >= 15 is 0 Å². The van der Waals surface area contributed by atoms with Crippen molar-refractivity contribution in [1.29, 1.82) is 0 Å². The van der Waals surface area contributed by atoms with E-state index in [9.17, 15) is 0 Å². The van der Waals surface area contributed by atoms with Crippen molar-refractivity contribution in [3.8, 4) is 0 Å². The summed E-state index contributed by atoms with van der Waals surface area (Å²) < 4.78 is 0. The van der Waals surface area contributed by atoms with E-state index in [1.807, 2.05) is 0 Å². The maximum absolute atomic E-state index is 2.36. The van der Waals surface area contributed by atoms with Crippen LogP contribution in [0.1, 0.15) is 0 Å². The van der Waals surface area contributed by atoms with Gasteiger partial charge in [0.1, 0.15) is 0 Å². The second-order valence-electron chi connectivity index (χ2n) is 9.55. The second kappa shape index (κ2) is 3.34. The minimum Gasteiger partial charge on any atom is -0.0531 e. The third-order valence-electron chi connectivity index (χ3n) is 8.73. The lowest BCUT2D eigenvalue weighted by atomic mass is 9.73. The van der Waals surface area contributed by atoms with Crippen LogP contribution in [0, 0.1) is 0 Å². The van der Waals surface area contributed by atoms with E-state index in [0.717, 1.165) is 0 Å². The van der Waals surface area contributed by atoms with Crippen molar-refractivity contribution in [3.63, 3.8) is 0 Å². The third kappa shape index (κ3) is 0.877. The summed E-state index contributed by atoms with van der Waals surface area (Å²) in [7, 11) is 0. The molecule has 11 aromatic carbocycles. The Kier molecular flexibility index (Phi) is 1.40. The van der Waals surface area contributed by atoms with E-state index < -0.39 is 0 Å². The van der Waals surface area contributed by atoms with Crippen LogP contribution >= 0.6 is 0 Å². The number of benzene rings is 5. The van der Waals surface area contributed by atoms with Gasteiger partial charge in [0.2, 0.25) is 0 Å². The first-order valence-electron chi connectivity index (χ1n) is 10.8. The zero-order chi connectivity index (χ0) is 18.6. The molecule has 0 aliphatic rings. The highest BCUT2D eigenvalue weighted by atomic mass is 14.3. The largest absolute Gasteiger partial charge is 0.0531 e. The molecule has 0 aliphatic carbocycles. The molecule has 0 bridgehead atoms. The lowest BCUT2D eigenvalue weighted by Crippen LogP contribution is -2.01. The molecule has 11 aromatic rings. The van der Waals surface area contributed by atoms with Gasteiger partial charge in [-0.1, -0.05) is 60.7 Å². The average Bonchev–Trinajstić information content (AvgIpc) is 2.74. The van der Waals surface area contributed by atoms with Gasteiger partial charge in [0.15, 0.2) is 0 Å². The van der Waals surface area contributed by atoms with Gasteiger partial charge in [-0.2, -0.15) is 0 Å². The first kappa shape index (κ1) is 12.6.